The molecule has 0 bridgehead atoms. The number of ether oxygens (including phenoxy) is 1. The molecule has 0 atom stereocenters. The van der Waals surface area contributed by atoms with Gasteiger partial charge in [0.25, 0.3) is 0 Å². The van der Waals surface area contributed by atoms with E-state index in [2.05, 4.69) is 5.32 Å². The summed E-state index contributed by atoms with van der Waals surface area (Å²) in [5.41, 5.74) is 3.62. The van der Waals surface area contributed by atoms with E-state index in [4.69, 9.17) is 10.5 Å². The first-order valence-electron chi connectivity index (χ1n) is 6.91. The normalized spacial score (nSPS) is 19.4. The van der Waals surface area contributed by atoms with Crippen molar-refractivity contribution in [1.82, 2.24) is 5.32 Å². The zero-order chi connectivity index (χ0) is 15.6. The minimum Gasteiger partial charge on any atom is -0.481 e. The van der Waals surface area contributed by atoms with E-state index in [9.17, 15) is 14.7 Å². The molecule has 1 rings (SSSR count). The minimum atomic E-state index is -0.928. The summed E-state index contributed by atoms with van der Waals surface area (Å²) < 4.78 is 5.21. The highest BCUT2D eigenvalue weighted by atomic mass is 16.5. The van der Waals surface area contributed by atoms with E-state index in [1.807, 2.05) is 0 Å². The van der Waals surface area contributed by atoms with Gasteiger partial charge in [-0.3, -0.25) is 9.59 Å². The third-order valence-electron chi connectivity index (χ3n) is 4.67. The van der Waals surface area contributed by atoms with Crippen molar-refractivity contribution in [2.45, 2.75) is 46.1 Å². The maximum atomic E-state index is 12.3. The fraction of sp³-hybridized carbons (Fsp3) is 0.857. The van der Waals surface area contributed by atoms with Crippen LogP contribution < -0.4 is 11.1 Å². The lowest BCUT2D eigenvalue weighted by molar-refractivity contribution is -0.155. The predicted octanol–water partition coefficient (Wildman–Crippen LogP) is 0.748. The van der Waals surface area contributed by atoms with Crippen LogP contribution in [0.15, 0.2) is 0 Å². The van der Waals surface area contributed by atoms with Crippen LogP contribution in [-0.4, -0.2) is 42.3 Å². The number of rotatable bonds is 5. The van der Waals surface area contributed by atoms with Gasteiger partial charge in [0, 0.05) is 25.3 Å². The summed E-state index contributed by atoms with van der Waals surface area (Å²) in [7, 11) is 0. The molecule has 0 aromatic rings. The monoisotopic (exact) mass is 286 g/mol. The number of carboxylic acids is 1. The van der Waals surface area contributed by atoms with Gasteiger partial charge >= 0.3 is 5.97 Å². The average molecular weight is 286 g/mol. The van der Waals surface area contributed by atoms with Crippen LogP contribution in [0, 0.1) is 10.8 Å². The fourth-order valence-electron chi connectivity index (χ4n) is 1.99. The first-order valence-corrected chi connectivity index (χ1v) is 6.91. The maximum Gasteiger partial charge on any atom is 0.311 e. The third kappa shape index (κ3) is 3.30. The van der Waals surface area contributed by atoms with Crippen molar-refractivity contribution in [2.75, 3.05) is 19.8 Å². The highest BCUT2D eigenvalue weighted by molar-refractivity contribution is 5.84. The molecule has 116 valence electrons. The molecule has 6 heteroatoms. The number of carbonyl (C=O) groups excluding carboxylic acids is 1. The van der Waals surface area contributed by atoms with Gasteiger partial charge in [-0.2, -0.15) is 0 Å². The number of aliphatic carboxylic acids is 1. The first kappa shape index (κ1) is 16.9. The highest BCUT2D eigenvalue weighted by Crippen LogP contribution is 2.32. The van der Waals surface area contributed by atoms with E-state index in [1.165, 1.54) is 0 Å². The Bertz CT molecular complexity index is 379. The van der Waals surface area contributed by atoms with Crippen LogP contribution in [0.25, 0.3) is 0 Å². The molecule has 0 aromatic heterocycles. The Hall–Kier alpha value is -1.14. The third-order valence-corrected chi connectivity index (χ3v) is 4.67. The molecular weight excluding hydrogens is 260 g/mol. The van der Waals surface area contributed by atoms with Gasteiger partial charge in [0.15, 0.2) is 0 Å². The quantitative estimate of drug-likeness (QED) is 0.692. The molecule has 0 saturated carbocycles. The van der Waals surface area contributed by atoms with Crippen molar-refractivity contribution >= 4 is 11.9 Å². The molecule has 1 aliphatic rings. The number of nitrogens with two attached hydrogens (primary N) is 1. The molecule has 0 aromatic carbocycles. The fourth-order valence-corrected chi connectivity index (χ4v) is 1.99. The van der Waals surface area contributed by atoms with Crippen molar-refractivity contribution in [3.05, 3.63) is 0 Å². The molecule has 4 N–H and O–H groups in total. The first-order chi connectivity index (χ1) is 9.03. The molecule has 1 amide bonds. The Morgan fingerprint density at radius 2 is 1.75 bits per heavy atom. The average Bonchev–Trinajstić information content (AvgIpc) is 2.35. The van der Waals surface area contributed by atoms with E-state index < -0.39 is 22.3 Å². The number of carboxylic acid groups (broad SMARTS) is 1. The van der Waals surface area contributed by atoms with Gasteiger partial charge in [-0.05, 0) is 40.5 Å². The lowest BCUT2D eigenvalue weighted by Crippen LogP contribution is -2.57. The molecule has 6 nitrogen and oxygen atoms in total. The molecule has 1 aliphatic heterocycles. The highest BCUT2D eigenvalue weighted by Gasteiger charge is 2.44. The van der Waals surface area contributed by atoms with Gasteiger partial charge in [-0.1, -0.05) is 0 Å². The van der Waals surface area contributed by atoms with E-state index in [0.717, 1.165) is 0 Å². The Labute approximate surface area is 120 Å². The predicted molar refractivity (Wildman–Crippen MR) is 75.2 cm³/mol. The summed E-state index contributed by atoms with van der Waals surface area (Å²) in [4.78, 5) is 23.8. The van der Waals surface area contributed by atoms with E-state index in [0.29, 0.717) is 26.1 Å². The van der Waals surface area contributed by atoms with Crippen LogP contribution in [0.4, 0.5) is 0 Å². The standard InChI is InChI=1S/C14H26N2O4/c1-12(2,13(3,4)15)10(17)16-9-14(11(18)19)5-7-20-8-6-14/h5-9,15H2,1-4H3,(H,16,17)(H,18,19). The van der Waals surface area contributed by atoms with Crippen LogP contribution in [0.1, 0.15) is 40.5 Å². The summed E-state index contributed by atoms with van der Waals surface area (Å²) in [5, 5.41) is 12.2. The van der Waals surface area contributed by atoms with Crippen LogP contribution in [-0.2, 0) is 14.3 Å². The molecule has 0 unspecified atom stereocenters. The number of nitrogens with one attached hydrogen (secondary N) is 1. The lowest BCUT2D eigenvalue weighted by Gasteiger charge is -2.39. The summed E-state index contributed by atoms with van der Waals surface area (Å²) in [6.45, 7) is 8.04. The van der Waals surface area contributed by atoms with Gasteiger partial charge in [0.2, 0.25) is 5.91 Å². The second-order valence-corrected chi connectivity index (χ2v) is 6.73. The number of hydrogen-bond donors (Lipinski definition) is 3. The Morgan fingerprint density at radius 3 is 2.15 bits per heavy atom. The largest absolute Gasteiger partial charge is 0.481 e. The Morgan fingerprint density at radius 1 is 1.25 bits per heavy atom. The van der Waals surface area contributed by atoms with Crippen LogP contribution in [0.5, 0.6) is 0 Å². The Balaban J connectivity index is 2.74. The molecule has 0 aliphatic carbocycles. The number of amides is 1. The zero-order valence-electron chi connectivity index (χ0n) is 12.8. The number of carbonyl (C=O) groups is 2. The molecule has 0 spiro atoms. The summed E-state index contributed by atoms with van der Waals surface area (Å²) in [6.07, 6.45) is 0.824. The molecule has 1 fully saturated rings. The molecule has 1 saturated heterocycles. The van der Waals surface area contributed by atoms with Crippen molar-refractivity contribution in [3.8, 4) is 0 Å². The Kier molecular flexibility index (Phi) is 4.82. The van der Waals surface area contributed by atoms with E-state index in [-0.39, 0.29) is 12.5 Å². The van der Waals surface area contributed by atoms with Gasteiger partial charge < -0.3 is 20.9 Å². The molecule has 1 heterocycles. The van der Waals surface area contributed by atoms with Gasteiger partial charge in [-0.25, -0.2) is 0 Å². The van der Waals surface area contributed by atoms with Crippen molar-refractivity contribution < 1.29 is 19.4 Å². The zero-order valence-corrected chi connectivity index (χ0v) is 12.8. The van der Waals surface area contributed by atoms with E-state index >= 15 is 0 Å². The van der Waals surface area contributed by atoms with Gasteiger partial charge in [-0.15, -0.1) is 0 Å². The summed E-state index contributed by atoms with van der Waals surface area (Å²) in [6, 6.07) is 0. The maximum absolute atomic E-state index is 12.3. The van der Waals surface area contributed by atoms with Crippen molar-refractivity contribution in [2.24, 2.45) is 16.6 Å². The lowest BCUT2D eigenvalue weighted by atomic mass is 9.74. The van der Waals surface area contributed by atoms with Gasteiger partial charge in [0.05, 0.1) is 10.8 Å². The topological polar surface area (TPSA) is 102 Å². The molecule has 20 heavy (non-hydrogen) atoms. The van der Waals surface area contributed by atoms with Gasteiger partial charge in [0.1, 0.15) is 0 Å². The van der Waals surface area contributed by atoms with Crippen molar-refractivity contribution in [3.63, 3.8) is 0 Å². The second-order valence-electron chi connectivity index (χ2n) is 6.73. The van der Waals surface area contributed by atoms with Crippen molar-refractivity contribution in [1.29, 1.82) is 0 Å². The second kappa shape index (κ2) is 5.69. The van der Waals surface area contributed by atoms with Crippen LogP contribution in [0.2, 0.25) is 0 Å². The minimum absolute atomic E-state index is 0.115. The van der Waals surface area contributed by atoms with E-state index in [1.54, 1.807) is 27.7 Å². The van der Waals surface area contributed by atoms with Crippen LogP contribution >= 0.6 is 0 Å². The SMILES string of the molecule is CC(C)(N)C(C)(C)C(=O)NCC1(C(=O)O)CCOCC1. The smallest absolute Gasteiger partial charge is 0.311 e. The molecular formula is C14H26N2O4. The number of hydrogen-bond acceptors (Lipinski definition) is 4. The summed E-state index contributed by atoms with van der Waals surface area (Å²) >= 11 is 0. The molecule has 0 radical (unpaired) electrons. The summed E-state index contributed by atoms with van der Waals surface area (Å²) in [5.74, 6) is -1.11. The van der Waals surface area contributed by atoms with Crippen LogP contribution in [0.3, 0.4) is 0 Å².